The van der Waals surface area contributed by atoms with E-state index in [1.807, 2.05) is 6.07 Å². The fourth-order valence-corrected chi connectivity index (χ4v) is 2.92. The smallest absolute Gasteiger partial charge is 0.175 e. The van der Waals surface area contributed by atoms with Gasteiger partial charge in [-0.05, 0) is 39.0 Å². The monoisotopic (exact) mass is 303 g/mol. The van der Waals surface area contributed by atoms with Gasteiger partial charge in [0.05, 0.1) is 25.3 Å². The summed E-state index contributed by atoms with van der Waals surface area (Å²) >= 11 is 3.55. The lowest BCUT2D eigenvalue weighted by atomic mass is 9.96. The third kappa shape index (κ3) is 2.91. The number of nitrogens with two attached hydrogens (primary N) is 1. The first-order valence-corrected chi connectivity index (χ1v) is 6.11. The first-order valence-electron chi connectivity index (χ1n) is 5.31. The molecular formula is C12H18BrNO3. The van der Waals surface area contributed by atoms with E-state index in [4.69, 9.17) is 20.2 Å². The normalized spacial score (nSPS) is 10.8. The molecule has 0 atom stereocenters. The molecule has 2 N–H and O–H groups in total. The summed E-state index contributed by atoms with van der Waals surface area (Å²) in [7, 11) is 3.22. The highest BCUT2D eigenvalue weighted by atomic mass is 79.9. The molecule has 0 aliphatic heterocycles. The van der Waals surface area contributed by atoms with Crippen LogP contribution in [-0.2, 0) is 11.4 Å². The van der Waals surface area contributed by atoms with Gasteiger partial charge in [0.1, 0.15) is 0 Å². The van der Waals surface area contributed by atoms with Crippen molar-refractivity contribution in [2.45, 2.75) is 26.4 Å². The van der Waals surface area contributed by atoms with Crippen molar-refractivity contribution in [3.63, 3.8) is 0 Å². The summed E-state index contributed by atoms with van der Waals surface area (Å²) in [5.41, 5.74) is 2.11. The predicted molar refractivity (Wildman–Crippen MR) is 70.3 cm³/mol. The lowest BCUT2D eigenvalue weighted by Crippen LogP contribution is -2.06. The highest BCUT2D eigenvalue weighted by Gasteiger charge is 2.19. The van der Waals surface area contributed by atoms with Crippen molar-refractivity contribution in [3.8, 4) is 11.5 Å². The Bertz CT molecular complexity index is 394. The third-order valence-corrected chi connectivity index (χ3v) is 3.34. The number of halogens is 1. The molecule has 1 aromatic carbocycles. The van der Waals surface area contributed by atoms with E-state index in [1.54, 1.807) is 14.2 Å². The zero-order chi connectivity index (χ0) is 13.0. The van der Waals surface area contributed by atoms with Gasteiger partial charge >= 0.3 is 0 Å². The van der Waals surface area contributed by atoms with E-state index in [2.05, 4.69) is 29.8 Å². The molecule has 0 unspecified atom stereocenters. The molecule has 0 spiro atoms. The van der Waals surface area contributed by atoms with Crippen LogP contribution in [0.1, 0.15) is 30.9 Å². The van der Waals surface area contributed by atoms with Gasteiger partial charge in [0, 0.05) is 0 Å². The van der Waals surface area contributed by atoms with Crippen molar-refractivity contribution in [1.82, 2.24) is 0 Å². The Morgan fingerprint density at radius 3 is 2.35 bits per heavy atom. The van der Waals surface area contributed by atoms with Gasteiger partial charge in [-0.3, -0.25) is 4.84 Å². The predicted octanol–water partition coefficient (Wildman–Crippen LogP) is 2.98. The molecule has 0 aliphatic rings. The molecule has 0 amide bonds. The van der Waals surface area contributed by atoms with Crippen LogP contribution in [0.4, 0.5) is 0 Å². The largest absolute Gasteiger partial charge is 0.493 e. The van der Waals surface area contributed by atoms with E-state index < -0.39 is 0 Å². The lowest BCUT2D eigenvalue weighted by molar-refractivity contribution is 0.123. The molecule has 1 rings (SSSR count). The molecule has 17 heavy (non-hydrogen) atoms. The average Bonchev–Trinajstić information content (AvgIpc) is 2.28. The average molecular weight is 304 g/mol. The van der Waals surface area contributed by atoms with Crippen LogP contribution in [0.3, 0.4) is 0 Å². The fraction of sp³-hybridized carbons (Fsp3) is 0.500. The minimum absolute atomic E-state index is 0.328. The van der Waals surface area contributed by atoms with Crippen LogP contribution in [0.5, 0.6) is 11.5 Å². The molecule has 96 valence electrons. The van der Waals surface area contributed by atoms with E-state index in [-0.39, 0.29) is 0 Å². The highest BCUT2D eigenvalue weighted by molar-refractivity contribution is 9.10. The van der Waals surface area contributed by atoms with E-state index in [1.165, 1.54) is 0 Å². The maximum Gasteiger partial charge on any atom is 0.175 e. The molecule has 0 aromatic heterocycles. The Morgan fingerprint density at radius 1 is 1.29 bits per heavy atom. The van der Waals surface area contributed by atoms with Crippen molar-refractivity contribution in [3.05, 3.63) is 21.7 Å². The van der Waals surface area contributed by atoms with Crippen LogP contribution in [0.15, 0.2) is 10.5 Å². The van der Waals surface area contributed by atoms with Gasteiger partial charge in [-0.2, -0.15) is 0 Å². The zero-order valence-electron chi connectivity index (χ0n) is 10.5. The Hall–Kier alpha value is -0.780. The van der Waals surface area contributed by atoms with Crippen LogP contribution >= 0.6 is 15.9 Å². The highest BCUT2D eigenvalue weighted by Crippen LogP contribution is 2.42. The molecule has 0 saturated carbocycles. The Kier molecular flexibility index (Phi) is 5.24. The van der Waals surface area contributed by atoms with Gasteiger partial charge in [0.25, 0.3) is 0 Å². The number of rotatable bonds is 5. The van der Waals surface area contributed by atoms with Gasteiger partial charge in [-0.25, -0.2) is 5.90 Å². The van der Waals surface area contributed by atoms with Crippen LogP contribution in [0, 0.1) is 0 Å². The summed E-state index contributed by atoms with van der Waals surface area (Å²) in [4.78, 5) is 4.73. The number of ether oxygens (including phenoxy) is 2. The number of benzene rings is 1. The maximum atomic E-state index is 5.35. The van der Waals surface area contributed by atoms with Crippen LogP contribution in [-0.4, -0.2) is 14.2 Å². The number of hydrogen-bond donors (Lipinski definition) is 1. The third-order valence-electron chi connectivity index (χ3n) is 2.55. The molecule has 0 saturated heterocycles. The molecule has 0 fully saturated rings. The van der Waals surface area contributed by atoms with Crippen molar-refractivity contribution in [1.29, 1.82) is 0 Å². The standard InChI is InChI=1S/C12H18BrNO3/c1-7(2)10-8(6-17-14)5-9(15-3)12(16-4)11(10)13/h5,7H,6,14H2,1-4H3. The van der Waals surface area contributed by atoms with Gasteiger partial charge in [-0.1, -0.05) is 13.8 Å². The fourth-order valence-electron chi connectivity index (χ4n) is 1.85. The van der Waals surface area contributed by atoms with Crippen molar-refractivity contribution < 1.29 is 14.3 Å². The second-order valence-corrected chi connectivity index (χ2v) is 4.76. The van der Waals surface area contributed by atoms with Gasteiger partial charge in [0.15, 0.2) is 11.5 Å². The van der Waals surface area contributed by atoms with E-state index >= 15 is 0 Å². The Morgan fingerprint density at radius 2 is 1.94 bits per heavy atom. The molecular weight excluding hydrogens is 286 g/mol. The second kappa shape index (κ2) is 6.23. The molecule has 0 bridgehead atoms. The topological polar surface area (TPSA) is 53.7 Å². The van der Waals surface area contributed by atoms with Gasteiger partial charge in [-0.15, -0.1) is 0 Å². The summed E-state index contributed by atoms with van der Waals surface area (Å²) in [5.74, 6) is 6.84. The number of hydrogen-bond acceptors (Lipinski definition) is 4. The van der Waals surface area contributed by atoms with Crippen molar-refractivity contribution in [2.75, 3.05) is 14.2 Å². The molecule has 0 radical (unpaired) electrons. The molecule has 4 nitrogen and oxygen atoms in total. The first kappa shape index (κ1) is 14.3. The summed E-state index contributed by atoms with van der Waals surface area (Å²) in [6, 6.07) is 1.89. The van der Waals surface area contributed by atoms with Crippen molar-refractivity contribution >= 4 is 15.9 Å². The molecule has 0 heterocycles. The summed E-state index contributed by atoms with van der Waals surface area (Å²) in [5, 5.41) is 0. The first-order chi connectivity index (χ1) is 8.06. The minimum atomic E-state index is 0.328. The van der Waals surface area contributed by atoms with E-state index in [0.29, 0.717) is 24.0 Å². The van der Waals surface area contributed by atoms with Crippen LogP contribution < -0.4 is 15.4 Å². The van der Waals surface area contributed by atoms with Crippen LogP contribution in [0.2, 0.25) is 0 Å². The van der Waals surface area contributed by atoms with Crippen molar-refractivity contribution in [2.24, 2.45) is 5.90 Å². The quantitative estimate of drug-likeness (QED) is 0.850. The Labute approximate surface area is 110 Å². The van der Waals surface area contributed by atoms with Gasteiger partial charge in [0.2, 0.25) is 0 Å². The molecule has 5 heteroatoms. The van der Waals surface area contributed by atoms with Crippen LogP contribution in [0.25, 0.3) is 0 Å². The summed E-state index contributed by atoms with van der Waals surface area (Å²) in [6.45, 7) is 4.55. The summed E-state index contributed by atoms with van der Waals surface area (Å²) < 4.78 is 11.5. The van der Waals surface area contributed by atoms with Gasteiger partial charge < -0.3 is 9.47 Å². The number of methoxy groups -OCH3 is 2. The zero-order valence-corrected chi connectivity index (χ0v) is 12.1. The SMILES string of the molecule is COc1cc(CON)c(C(C)C)c(Br)c1OC. The Balaban J connectivity index is 3.44. The van der Waals surface area contributed by atoms with E-state index in [0.717, 1.165) is 15.6 Å². The minimum Gasteiger partial charge on any atom is -0.493 e. The summed E-state index contributed by atoms with van der Waals surface area (Å²) in [6.07, 6.45) is 0. The molecule has 1 aromatic rings. The van der Waals surface area contributed by atoms with E-state index in [9.17, 15) is 0 Å². The maximum absolute atomic E-state index is 5.35. The lowest BCUT2D eigenvalue weighted by Gasteiger charge is -2.19. The second-order valence-electron chi connectivity index (χ2n) is 3.96. The molecule has 0 aliphatic carbocycles.